The zero-order valence-electron chi connectivity index (χ0n) is 13.8. The molecule has 0 saturated heterocycles. The fourth-order valence-corrected chi connectivity index (χ4v) is 3.37. The zero-order chi connectivity index (χ0) is 18.9. The summed E-state index contributed by atoms with van der Waals surface area (Å²) in [5.41, 5.74) is 1.04. The van der Waals surface area contributed by atoms with Gasteiger partial charge in [-0.3, -0.25) is 0 Å². The van der Waals surface area contributed by atoms with Gasteiger partial charge in [-0.25, -0.2) is 4.79 Å². The van der Waals surface area contributed by atoms with Crippen LogP contribution in [0.5, 0.6) is 0 Å². The van der Waals surface area contributed by atoms with E-state index in [9.17, 15) is 18.0 Å². The molecule has 2 heterocycles. The van der Waals surface area contributed by atoms with Crippen LogP contribution in [0.2, 0.25) is 0 Å². The highest BCUT2D eigenvalue weighted by atomic mass is 32.2. The van der Waals surface area contributed by atoms with Crippen LogP contribution in [0.1, 0.15) is 28.9 Å². The Morgan fingerprint density at radius 3 is 2.69 bits per heavy atom. The first-order valence-electron chi connectivity index (χ1n) is 7.59. The lowest BCUT2D eigenvalue weighted by Crippen LogP contribution is -2.13. The predicted molar refractivity (Wildman–Crippen MR) is 87.7 cm³/mol. The summed E-state index contributed by atoms with van der Waals surface area (Å²) in [4.78, 5) is 12.1. The van der Waals surface area contributed by atoms with E-state index in [1.54, 1.807) is 31.2 Å². The molecule has 138 valence electrons. The molecule has 0 radical (unpaired) electrons. The minimum absolute atomic E-state index is 0.0405. The number of benzene rings is 1. The summed E-state index contributed by atoms with van der Waals surface area (Å²) in [6, 6.07) is 7.02. The average Bonchev–Trinajstić information content (AvgIpc) is 3.13. The van der Waals surface area contributed by atoms with Crippen molar-refractivity contribution in [2.24, 2.45) is 7.05 Å². The lowest BCUT2D eigenvalue weighted by atomic mass is 10.1. The summed E-state index contributed by atoms with van der Waals surface area (Å²) in [6.07, 6.45) is -4.58. The zero-order valence-corrected chi connectivity index (χ0v) is 14.6. The monoisotopic (exact) mass is 385 g/mol. The Morgan fingerprint density at radius 1 is 1.31 bits per heavy atom. The summed E-state index contributed by atoms with van der Waals surface area (Å²) in [5.74, 6) is -1.48. The first-order valence-corrected chi connectivity index (χ1v) is 8.58. The van der Waals surface area contributed by atoms with Crippen LogP contribution in [-0.4, -0.2) is 27.3 Å². The number of alkyl halides is 3. The van der Waals surface area contributed by atoms with E-state index in [0.29, 0.717) is 16.5 Å². The first-order chi connectivity index (χ1) is 12.3. The lowest BCUT2D eigenvalue weighted by molar-refractivity contribution is -0.147. The fourth-order valence-electron chi connectivity index (χ4n) is 2.43. The molecule has 0 unspecified atom stereocenters. The van der Waals surface area contributed by atoms with Gasteiger partial charge in [-0.2, -0.15) is 13.2 Å². The van der Waals surface area contributed by atoms with Crippen molar-refractivity contribution in [1.82, 2.24) is 14.8 Å². The van der Waals surface area contributed by atoms with Gasteiger partial charge in [0.1, 0.15) is 5.58 Å². The Morgan fingerprint density at radius 2 is 2.04 bits per heavy atom. The van der Waals surface area contributed by atoms with Crippen molar-refractivity contribution in [1.29, 1.82) is 0 Å². The van der Waals surface area contributed by atoms with E-state index in [1.165, 1.54) is 7.05 Å². The third-order valence-electron chi connectivity index (χ3n) is 3.59. The van der Waals surface area contributed by atoms with Gasteiger partial charge in [0.25, 0.3) is 0 Å². The number of rotatable bonds is 5. The van der Waals surface area contributed by atoms with Crippen molar-refractivity contribution in [3.8, 4) is 0 Å². The maximum atomic E-state index is 12.8. The van der Waals surface area contributed by atoms with Gasteiger partial charge in [0.15, 0.2) is 5.16 Å². The summed E-state index contributed by atoms with van der Waals surface area (Å²) < 4.78 is 49.9. The first kappa shape index (κ1) is 18.3. The molecular weight excluding hydrogens is 371 g/mol. The number of thioether (sulfide) groups is 1. The molecule has 0 spiro atoms. The maximum Gasteiger partial charge on any atom is 0.451 e. The highest BCUT2D eigenvalue weighted by Crippen LogP contribution is 2.34. The van der Waals surface area contributed by atoms with Crippen LogP contribution in [0.4, 0.5) is 13.2 Å². The molecule has 6 nitrogen and oxygen atoms in total. The standard InChI is InChI=1S/C16H14F3N3O3S/c1-3-24-13(23)12-10(9-6-4-5-7-11(9)25-12)8-26-15-21-20-14(22(15)2)16(17,18)19/h4-7H,3,8H2,1-2H3. The van der Waals surface area contributed by atoms with Gasteiger partial charge in [-0.1, -0.05) is 30.0 Å². The van der Waals surface area contributed by atoms with Gasteiger partial charge in [0.2, 0.25) is 11.6 Å². The van der Waals surface area contributed by atoms with Crippen molar-refractivity contribution in [2.75, 3.05) is 6.61 Å². The smallest absolute Gasteiger partial charge is 0.451 e. The molecule has 0 aliphatic heterocycles. The van der Waals surface area contributed by atoms with Crippen LogP contribution in [0.3, 0.4) is 0 Å². The minimum atomic E-state index is -4.58. The Balaban J connectivity index is 1.93. The molecule has 0 amide bonds. The summed E-state index contributed by atoms with van der Waals surface area (Å²) in [5, 5.41) is 7.55. The number of fused-ring (bicyclic) bond motifs is 1. The predicted octanol–water partition coefficient (Wildman–Crippen LogP) is 4.05. The summed E-state index contributed by atoms with van der Waals surface area (Å²) in [6.45, 7) is 1.86. The Labute approximate surface area is 150 Å². The number of hydrogen-bond acceptors (Lipinski definition) is 6. The molecule has 0 aliphatic rings. The number of halogens is 3. The second-order valence-corrected chi connectivity index (χ2v) is 6.22. The molecule has 0 aliphatic carbocycles. The molecule has 1 aromatic carbocycles. The highest BCUT2D eigenvalue weighted by Gasteiger charge is 2.37. The Kier molecular flexibility index (Phi) is 4.94. The molecule has 10 heteroatoms. The molecule has 0 fully saturated rings. The molecule has 2 aromatic heterocycles. The van der Waals surface area contributed by atoms with Gasteiger partial charge in [0.05, 0.1) is 6.61 Å². The Bertz CT molecular complexity index is 949. The van der Waals surface area contributed by atoms with E-state index in [1.807, 2.05) is 0 Å². The fraction of sp³-hybridized carbons (Fsp3) is 0.312. The van der Waals surface area contributed by atoms with Gasteiger partial charge in [0, 0.05) is 23.8 Å². The van der Waals surface area contributed by atoms with Crippen molar-refractivity contribution in [2.45, 2.75) is 24.0 Å². The molecule has 0 bridgehead atoms. The topological polar surface area (TPSA) is 70.2 Å². The number of ether oxygens (including phenoxy) is 1. The highest BCUT2D eigenvalue weighted by molar-refractivity contribution is 7.98. The number of para-hydroxylation sites is 1. The molecule has 0 atom stereocenters. The number of furan rings is 1. The van der Waals surface area contributed by atoms with Gasteiger partial charge >= 0.3 is 12.1 Å². The molecular formula is C16H14F3N3O3S. The maximum absolute atomic E-state index is 12.8. The average molecular weight is 385 g/mol. The van der Waals surface area contributed by atoms with E-state index >= 15 is 0 Å². The van der Waals surface area contributed by atoms with Crippen molar-refractivity contribution < 1.29 is 27.1 Å². The second-order valence-electron chi connectivity index (χ2n) is 5.28. The number of carbonyl (C=O) groups is 1. The van der Waals surface area contributed by atoms with E-state index in [2.05, 4.69) is 10.2 Å². The van der Waals surface area contributed by atoms with Crippen LogP contribution in [0.25, 0.3) is 11.0 Å². The van der Waals surface area contributed by atoms with Crippen LogP contribution in [0, 0.1) is 0 Å². The van der Waals surface area contributed by atoms with Crippen molar-refractivity contribution >= 4 is 28.7 Å². The van der Waals surface area contributed by atoms with Crippen LogP contribution < -0.4 is 0 Å². The Hall–Kier alpha value is -2.49. The lowest BCUT2D eigenvalue weighted by Gasteiger charge is -2.06. The molecule has 26 heavy (non-hydrogen) atoms. The van der Waals surface area contributed by atoms with Crippen LogP contribution in [0.15, 0.2) is 33.8 Å². The normalized spacial score (nSPS) is 11.9. The number of esters is 1. The van der Waals surface area contributed by atoms with Crippen LogP contribution >= 0.6 is 11.8 Å². The third kappa shape index (κ3) is 3.41. The SMILES string of the molecule is CCOC(=O)c1oc2ccccc2c1CSc1nnc(C(F)(F)F)n1C. The van der Waals surface area contributed by atoms with Gasteiger partial charge < -0.3 is 13.7 Å². The summed E-state index contributed by atoms with van der Waals surface area (Å²) in [7, 11) is 1.24. The van der Waals surface area contributed by atoms with Crippen molar-refractivity contribution in [3.63, 3.8) is 0 Å². The van der Waals surface area contributed by atoms with Crippen molar-refractivity contribution in [3.05, 3.63) is 41.4 Å². The van der Waals surface area contributed by atoms with Crippen LogP contribution in [-0.2, 0) is 23.7 Å². The molecule has 0 N–H and O–H groups in total. The van der Waals surface area contributed by atoms with E-state index in [0.717, 1.165) is 16.3 Å². The molecule has 3 rings (SSSR count). The largest absolute Gasteiger partial charge is 0.460 e. The van der Waals surface area contributed by atoms with Gasteiger partial charge in [-0.15, -0.1) is 10.2 Å². The number of hydrogen-bond donors (Lipinski definition) is 0. The third-order valence-corrected chi connectivity index (χ3v) is 4.64. The van der Waals surface area contributed by atoms with E-state index in [-0.39, 0.29) is 23.3 Å². The molecule has 0 saturated carbocycles. The number of carbonyl (C=O) groups excluding carboxylic acids is 1. The second kappa shape index (κ2) is 7.02. The molecule has 3 aromatic rings. The van der Waals surface area contributed by atoms with Gasteiger partial charge in [-0.05, 0) is 13.0 Å². The minimum Gasteiger partial charge on any atom is -0.460 e. The summed E-state index contributed by atoms with van der Waals surface area (Å²) >= 11 is 1.03. The number of aromatic nitrogens is 3. The quantitative estimate of drug-likeness (QED) is 0.488. The van der Waals surface area contributed by atoms with E-state index < -0.39 is 18.0 Å². The van der Waals surface area contributed by atoms with E-state index in [4.69, 9.17) is 9.15 Å². The number of nitrogens with zero attached hydrogens (tertiary/aromatic N) is 3.